The van der Waals surface area contributed by atoms with Crippen molar-refractivity contribution in [2.75, 3.05) is 32.1 Å². The van der Waals surface area contributed by atoms with E-state index in [0.717, 1.165) is 11.3 Å². The fourth-order valence-corrected chi connectivity index (χ4v) is 3.85. The average molecular weight is 327 g/mol. The molecule has 1 aromatic rings. The third kappa shape index (κ3) is 4.42. The zero-order valence-corrected chi connectivity index (χ0v) is 14.4. The molecular formula is C15H25N3O3S. The van der Waals surface area contributed by atoms with Crippen molar-refractivity contribution in [2.24, 2.45) is 0 Å². The molecule has 1 fully saturated rings. The topological polar surface area (TPSA) is 61.9 Å². The fourth-order valence-electron chi connectivity index (χ4n) is 2.50. The van der Waals surface area contributed by atoms with Gasteiger partial charge < -0.3 is 9.64 Å². The Morgan fingerprint density at radius 2 is 1.73 bits per heavy atom. The van der Waals surface area contributed by atoms with Crippen LogP contribution in [0.15, 0.2) is 24.3 Å². The molecule has 1 heterocycles. The zero-order valence-electron chi connectivity index (χ0n) is 13.6. The molecular weight excluding hydrogens is 302 g/mol. The van der Waals surface area contributed by atoms with E-state index in [1.54, 1.807) is 0 Å². The lowest BCUT2D eigenvalue weighted by Gasteiger charge is -2.34. The molecule has 2 unspecified atom stereocenters. The summed E-state index contributed by atoms with van der Waals surface area (Å²) in [5.74, 6) is 0. The summed E-state index contributed by atoms with van der Waals surface area (Å²) in [4.78, 5) is 2.00. The van der Waals surface area contributed by atoms with E-state index in [1.807, 2.05) is 57.1 Å². The van der Waals surface area contributed by atoms with Crippen molar-refractivity contribution < 1.29 is 13.2 Å². The maximum Gasteiger partial charge on any atom is 0.279 e. The van der Waals surface area contributed by atoms with Gasteiger partial charge in [0.05, 0.1) is 12.2 Å². The average Bonchev–Trinajstić information content (AvgIpc) is 2.44. The van der Waals surface area contributed by atoms with E-state index in [9.17, 15) is 8.42 Å². The molecule has 1 aliphatic heterocycles. The standard InChI is InChI=1S/C15H25N3O3S/c1-12-10-18(11-13(2)21-12)22(19,20)16-9-14-5-7-15(8-6-14)17(3)4/h5-8,12-13,16H,9-11H2,1-4H3. The third-order valence-corrected chi connectivity index (χ3v) is 5.12. The largest absolute Gasteiger partial charge is 0.378 e. The second-order valence-corrected chi connectivity index (χ2v) is 7.72. The lowest BCUT2D eigenvalue weighted by molar-refractivity contribution is -0.0444. The summed E-state index contributed by atoms with van der Waals surface area (Å²) in [6.45, 7) is 4.84. The number of hydrogen-bond acceptors (Lipinski definition) is 4. The van der Waals surface area contributed by atoms with E-state index in [-0.39, 0.29) is 18.8 Å². The molecule has 1 saturated heterocycles. The van der Waals surface area contributed by atoms with E-state index in [1.165, 1.54) is 4.31 Å². The third-order valence-electron chi connectivity index (χ3n) is 3.64. The highest BCUT2D eigenvalue weighted by atomic mass is 32.2. The lowest BCUT2D eigenvalue weighted by Crippen LogP contribution is -2.51. The highest BCUT2D eigenvalue weighted by Gasteiger charge is 2.30. The van der Waals surface area contributed by atoms with Crippen LogP contribution in [0.1, 0.15) is 19.4 Å². The van der Waals surface area contributed by atoms with Crippen molar-refractivity contribution in [2.45, 2.75) is 32.6 Å². The molecule has 2 rings (SSSR count). The highest BCUT2D eigenvalue weighted by Crippen LogP contribution is 2.15. The molecule has 0 aromatic heterocycles. The van der Waals surface area contributed by atoms with E-state index < -0.39 is 10.2 Å². The van der Waals surface area contributed by atoms with Gasteiger partial charge in [-0.05, 0) is 31.5 Å². The quantitative estimate of drug-likeness (QED) is 0.883. The Labute approximate surface area is 133 Å². The molecule has 7 heteroatoms. The minimum Gasteiger partial charge on any atom is -0.378 e. The van der Waals surface area contributed by atoms with Crippen molar-refractivity contribution >= 4 is 15.9 Å². The van der Waals surface area contributed by atoms with Crippen molar-refractivity contribution in [3.8, 4) is 0 Å². The second-order valence-electron chi connectivity index (χ2n) is 5.96. The van der Waals surface area contributed by atoms with Crippen LogP contribution in [0.4, 0.5) is 5.69 Å². The summed E-state index contributed by atoms with van der Waals surface area (Å²) in [6, 6.07) is 7.82. The first-order valence-corrected chi connectivity index (χ1v) is 8.88. The maximum atomic E-state index is 12.4. The number of morpholine rings is 1. The number of rotatable bonds is 5. The van der Waals surface area contributed by atoms with Crippen LogP contribution in [0.2, 0.25) is 0 Å². The van der Waals surface area contributed by atoms with Crippen molar-refractivity contribution in [1.82, 2.24) is 9.03 Å². The molecule has 6 nitrogen and oxygen atoms in total. The summed E-state index contributed by atoms with van der Waals surface area (Å²) < 4.78 is 34.4. The Morgan fingerprint density at radius 1 is 1.18 bits per heavy atom. The molecule has 0 spiro atoms. The number of hydrogen-bond donors (Lipinski definition) is 1. The monoisotopic (exact) mass is 327 g/mol. The van der Waals surface area contributed by atoms with Crippen LogP contribution in [-0.2, 0) is 21.5 Å². The van der Waals surface area contributed by atoms with Crippen molar-refractivity contribution in [1.29, 1.82) is 0 Å². The van der Waals surface area contributed by atoms with Crippen LogP contribution < -0.4 is 9.62 Å². The molecule has 22 heavy (non-hydrogen) atoms. The molecule has 1 aliphatic rings. The smallest absolute Gasteiger partial charge is 0.279 e. The number of benzene rings is 1. The summed E-state index contributed by atoms with van der Waals surface area (Å²) in [6.07, 6.45) is -0.167. The molecule has 0 bridgehead atoms. The van der Waals surface area contributed by atoms with Gasteiger partial charge in [0.25, 0.3) is 10.2 Å². The number of nitrogens with zero attached hydrogens (tertiary/aromatic N) is 2. The minimum atomic E-state index is -3.48. The summed E-state index contributed by atoms with van der Waals surface area (Å²) in [5.41, 5.74) is 2.02. The number of ether oxygens (including phenoxy) is 1. The second kappa shape index (κ2) is 6.95. The molecule has 1 aromatic carbocycles. The first-order valence-electron chi connectivity index (χ1n) is 7.44. The van der Waals surface area contributed by atoms with Gasteiger partial charge in [-0.3, -0.25) is 0 Å². The van der Waals surface area contributed by atoms with Gasteiger partial charge in [0.2, 0.25) is 0 Å². The van der Waals surface area contributed by atoms with E-state index >= 15 is 0 Å². The highest BCUT2D eigenvalue weighted by molar-refractivity contribution is 7.87. The van der Waals surface area contributed by atoms with Gasteiger partial charge >= 0.3 is 0 Å². The predicted molar refractivity (Wildman–Crippen MR) is 88.1 cm³/mol. The van der Waals surface area contributed by atoms with Crippen LogP contribution in [0.3, 0.4) is 0 Å². The Kier molecular flexibility index (Phi) is 5.44. The molecule has 2 atom stereocenters. The minimum absolute atomic E-state index is 0.0836. The van der Waals surface area contributed by atoms with Crippen molar-refractivity contribution in [3.05, 3.63) is 29.8 Å². The SMILES string of the molecule is CC1CN(S(=O)(=O)NCc2ccc(N(C)C)cc2)CC(C)O1. The van der Waals surface area contributed by atoms with Gasteiger partial charge in [-0.15, -0.1) is 0 Å². The van der Waals surface area contributed by atoms with E-state index in [2.05, 4.69) is 4.72 Å². The summed E-state index contributed by atoms with van der Waals surface area (Å²) >= 11 is 0. The Bertz CT molecular complexity index is 577. The molecule has 0 amide bonds. The fraction of sp³-hybridized carbons (Fsp3) is 0.600. The maximum absolute atomic E-state index is 12.4. The first-order chi connectivity index (χ1) is 10.3. The van der Waals surface area contributed by atoms with Crippen LogP contribution >= 0.6 is 0 Å². The molecule has 0 aliphatic carbocycles. The van der Waals surface area contributed by atoms with Gasteiger partial charge in [0.15, 0.2) is 0 Å². The normalized spacial score (nSPS) is 23.5. The van der Waals surface area contributed by atoms with Crippen LogP contribution in [0.25, 0.3) is 0 Å². The molecule has 1 N–H and O–H groups in total. The number of nitrogens with one attached hydrogen (secondary N) is 1. The van der Waals surface area contributed by atoms with Gasteiger partial charge in [-0.1, -0.05) is 12.1 Å². The Morgan fingerprint density at radius 3 is 2.23 bits per heavy atom. The van der Waals surface area contributed by atoms with Crippen LogP contribution in [0.5, 0.6) is 0 Å². The van der Waals surface area contributed by atoms with E-state index in [0.29, 0.717) is 13.1 Å². The van der Waals surface area contributed by atoms with Gasteiger partial charge in [0.1, 0.15) is 0 Å². The molecule has 124 valence electrons. The first kappa shape index (κ1) is 17.2. The summed E-state index contributed by atoms with van der Waals surface area (Å²) in [5, 5.41) is 0. The summed E-state index contributed by atoms with van der Waals surface area (Å²) in [7, 11) is 0.461. The van der Waals surface area contributed by atoms with Gasteiger partial charge in [-0.25, -0.2) is 0 Å². The number of anilines is 1. The van der Waals surface area contributed by atoms with Crippen LogP contribution in [0, 0.1) is 0 Å². The Hall–Kier alpha value is -1.15. The van der Waals surface area contributed by atoms with E-state index in [4.69, 9.17) is 4.74 Å². The van der Waals surface area contributed by atoms with Gasteiger partial charge in [-0.2, -0.15) is 17.4 Å². The van der Waals surface area contributed by atoms with Gasteiger partial charge in [0, 0.05) is 39.4 Å². The molecule has 0 radical (unpaired) electrons. The molecule has 0 saturated carbocycles. The van der Waals surface area contributed by atoms with Crippen LogP contribution in [-0.4, -0.2) is 52.1 Å². The zero-order chi connectivity index (χ0) is 16.3. The Balaban J connectivity index is 1.97. The predicted octanol–water partition coefficient (Wildman–Crippen LogP) is 1.20. The lowest BCUT2D eigenvalue weighted by atomic mass is 10.2. The van der Waals surface area contributed by atoms with Crippen molar-refractivity contribution in [3.63, 3.8) is 0 Å².